The van der Waals surface area contributed by atoms with Crippen molar-refractivity contribution in [2.75, 3.05) is 23.4 Å². The molecule has 2 heterocycles. The number of hydrogen-bond donors (Lipinski definition) is 1. The molecular formula is C10H13N7O3S3. The third-order valence-electron chi connectivity index (χ3n) is 2.19. The van der Waals surface area contributed by atoms with Crippen molar-refractivity contribution in [2.24, 2.45) is 7.05 Å². The summed E-state index contributed by atoms with van der Waals surface area (Å²) in [4.78, 5) is 23.1. The Hall–Kier alpha value is -1.73. The number of hydrogen-bond acceptors (Lipinski definition) is 11. The van der Waals surface area contributed by atoms with Gasteiger partial charge in [-0.2, -0.15) is 0 Å². The Morgan fingerprint density at radius 3 is 2.78 bits per heavy atom. The smallest absolute Gasteiger partial charge is 0.316 e. The Balaban J connectivity index is 1.76. The van der Waals surface area contributed by atoms with Crippen LogP contribution >= 0.6 is 34.9 Å². The van der Waals surface area contributed by atoms with E-state index in [1.807, 2.05) is 0 Å². The topological polar surface area (TPSA) is 125 Å². The number of carbonyl (C=O) groups is 2. The quantitative estimate of drug-likeness (QED) is 0.395. The summed E-state index contributed by atoms with van der Waals surface area (Å²) in [5.41, 5.74) is 0. The van der Waals surface area contributed by atoms with Crippen molar-refractivity contribution in [1.29, 1.82) is 0 Å². The van der Waals surface area contributed by atoms with Crippen molar-refractivity contribution >= 4 is 51.9 Å². The molecule has 0 saturated carbocycles. The first-order valence-corrected chi connectivity index (χ1v) is 9.14. The second-order valence-electron chi connectivity index (χ2n) is 3.89. The molecule has 1 N–H and O–H groups in total. The number of tetrazole rings is 1. The SMILES string of the molecule is CCOC(=O)CSc1nnc(NC(=O)CSc2nnnn2C)s1. The molecule has 1 amide bonds. The van der Waals surface area contributed by atoms with E-state index in [2.05, 4.69) is 31.0 Å². The zero-order valence-corrected chi connectivity index (χ0v) is 14.7. The molecular weight excluding hydrogens is 362 g/mol. The Labute approximate surface area is 143 Å². The molecule has 124 valence electrons. The van der Waals surface area contributed by atoms with Gasteiger partial charge in [0.05, 0.1) is 18.1 Å². The van der Waals surface area contributed by atoms with Crippen molar-refractivity contribution in [2.45, 2.75) is 16.4 Å². The normalized spacial score (nSPS) is 10.5. The van der Waals surface area contributed by atoms with Gasteiger partial charge in [-0.3, -0.25) is 14.9 Å². The monoisotopic (exact) mass is 375 g/mol. The lowest BCUT2D eigenvalue weighted by molar-refractivity contribution is -0.139. The van der Waals surface area contributed by atoms with Gasteiger partial charge in [-0.15, -0.1) is 15.3 Å². The number of aromatic nitrogens is 6. The van der Waals surface area contributed by atoms with Crippen LogP contribution in [0.25, 0.3) is 0 Å². The number of amides is 1. The zero-order valence-electron chi connectivity index (χ0n) is 12.3. The van der Waals surface area contributed by atoms with Gasteiger partial charge in [-0.25, -0.2) is 4.68 Å². The maximum absolute atomic E-state index is 11.8. The molecule has 23 heavy (non-hydrogen) atoms. The van der Waals surface area contributed by atoms with Crippen LogP contribution in [0, 0.1) is 0 Å². The van der Waals surface area contributed by atoms with Crippen LogP contribution in [0.3, 0.4) is 0 Å². The summed E-state index contributed by atoms with van der Waals surface area (Å²) in [6, 6.07) is 0. The lowest BCUT2D eigenvalue weighted by Gasteiger charge is -2.00. The number of nitrogens with one attached hydrogen (secondary N) is 1. The van der Waals surface area contributed by atoms with Crippen LogP contribution < -0.4 is 5.32 Å². The van der Waals surface area contributed by atoms with E-state index in [0.717, 1.165) is 0 Å². The Morgan fingerprint density at radius 1 is 1.26 bits per heavy atom. The lowest BCUT2D eigenvalue weighted by Crippen LogP contribution is -2.14. The van der Waals surface area contributed by atoms with Gasteiger partial charge in [0.2, 0.25) is 16.2 Å². The molecule has 2 rings (SSSR count). The first-order chi connectivity index (χ1) is 11.1. The van der Waals surface area contributed by atoms with Crippen LogP contribution in [0.15, 0.2) is 9.50 Å². The summed E-state index contributed by atoms with van der Waals surface area (Å²) in [6.45, 7) is 2.09. The molecule has 0 unspecified atom stereocenters. The fourth-order valence-electron chi connectivity index (χ4n) is 1.27. The van der Waals surface area contributed by atoms with Crippen molar-refractivity contribution in [3.05, 3.63) is 0 Å². The van der Waals surface area contributed by atoms with Gasteiger partial charge in [0.1, 0.15) is 0 Å². The summed E-state index contributed by atoms with van der Waals surface area (Å²) in [7, 11) is 1.69. The van der Waals surface area contributed by atoms with Gasteiger partial charge >= 0.3 is 5.97 Å². The molecule has 2 aromatic rings. The van der Waals surface area contributed by atoms with Crippen LogP contribution in [0.4, 0.5) is 5.13 Å². The molecule has 0 aliphatic heterocycles. The van der Waals surface area contributed by atoms with Gasteiger partial charge in [0.15, 0.2) is 4.34 Å². The minimum atomic E-state index is -0.313. The summed E-state index contributed by atoms with van der Waals surface area (Å²) in [5, 5.41) is 22.2. The van der Waals surface area contributed by atoms with Crippen LogP contribution in [-0.4, -0.2) is 60.4 Å². The van der Waals surface area contributed by atoms with E-state index < -0.39 is 0 Å². The Morgan fingerprint density at radius 2 is 2.09 bits per heavy atom. The molecule has 0 radical (unpaired) electrons. The van der Waals surface area contributed by atoms with Crippen molar-refractivity contribution in [3.8, 4) is 0 Å². The van der Waals surface area contributed by atoms with E-state index in [1.54, 1.807) is 14.0 Å². The fourth-order valence-corrected chi connectivity index (χ4v) is 3.49. The average Bonchev–Trinajstić information content (AvgIpc) is 3.12. The number of nitrogens with zero attached hydrogens (tertiary/aromatic N) is 6. The predicted octanol–water partition coefficient (Wildman–Crippen LogP) is 0.448. The molecule has 0 aromatic carbocycles. The maximum Gasteiger partial charge on any atom is 0.316 e. The molecule has 0 spiro atoms. The molecule has 0 saturated heterocycles. The van der Waals surface area contributed by atoms with Gasteiger partial charge in [0.25, 0.3) is 0 Å². The second kappa shape index (κ2) is 8.79. The summed E-state index contributed by atoms with van der Waals surface area (Å²) < 4.78 is 6.88. The minimum Gasteiger partial charge on any atom is -0.465 e. The zero-order chi connectivity index (χ0) is 16.7. The standard InChI is InChI=1S/C10H13N7O3S3/c1-3-20-7(19)5-22-10-14-12-8(23-10)11-6(18)4-21-9-13-15-16-17(9)2/h3-5H2,1-2H3,(H,11,12,18). The molecule has 0 bridgehead atoms. The largest absolute Gasteiger partial charge is 0.465 e. The van der Waals surface area contributed by atoms with E-state index in [1.165, 1.54) is 39.5 Å². The number of ether oxygens (including phenoxy) is 1. The number of aryl methyl sites for hydroxylation is 1. The van der Waals surface area contributed by atoms with E-state index >= 15 is 0 Å². The van der Waals surface area contributed by atoms with E-state index in [9.17, 15) is 9.59 Å². The highest BCUT2D eigenvalue weighted by Crippen LogP contribution is 2.25. The summed E-state index contributed by atoms with van der Waals surface area (Å²) >= 11 is 3.62. The Bertz CT molecular complexity index is 674. The molecule has 0 atom stereocenters. The van der Waals surface area contributed by atoms with Crippen molar-refractivity contribution in [3.63, 3.8) is 0 Å². The van der Waals surface area contributed by atoms with Gasteiger partial charge in [-0.1, -0.05) is 34.9 Å². The van der Waals surface area contributed by atoms with Gasteiger partial charge < -0.3 is 4.74 Å². The number of carbonyl (C=O) groups excluding carboxylic acids is 2. The highest BCUT2D eigenvalue weighted by atomic mass is 32.2. The molecule has 13 heteroatoms. The first-order valence-electron chi connectivity index (χ1n) is 6.35. The first kappa shape index (κ1) is 17.6. The average molecular weight is 375 g/mol. The van der Waals surface area contributed by atoms with E-state index in [0.29, 0.717) is 21.2 Å². The molecule has 0 fully saturated rings. The van der Waals surface area contributed by atoms with Crippen LogP contribution in [0.1, 0.15) is 6.92 Å². The molecule has 2 aromatic heterocycles. The third-order valence-corrected chi connectivity index (χ3v) is 5.14. The second-order valence-corrected chi connectivity index (χ2v) is 7.03. The highest BCUT2D eigenvalue weighted by Gasteiger charge is 2.12. The van der Waals surface area contributed by atoms with Crippen molar-refractivity contribution in [1.82, 2.24) is 30.4 Å². The lowest BCUT2D eigenvalue weighted by atomic mass is 10.7. The van der Waals surface area contributed by atoms with Gasteiger partial charge in [0, 0.05) is 7.05 Å². The van der Waals surface area contributed by atoms with E-state index in [4.69, 9.17) is 4.74 Å². The van der Waals surface area contributed by atoms with Gasteiger partial charge in [-0.05, 0) is 17.4 Å². The van der Waals surface area contributed by atoms with Crippen LogP contribution in [0.2, 0.25) is 0 Å². The minimum absolute atomic E-state index is 0.152. The molecule has 0 aliphatic carbocycles. The van der Waals surface area contributed by atoms with Crippen LogP contribution in [-0.2, 0) is 21.4 Å². The number of esters is 1. The highest BCUT2D eigenvalue weighted by molar-refractivity contribution is 8.01. The van der Waals surface area contributed by atoms with E-state index in [-0.39, 0.29) is 23.4 Å². The van der Waals surface area contributed by atoms with Crippen LogP contribution in [0.5, 0.6) is 0 Å². The number of anilines is 1. The Kier molecular flexibility index (Phi) is 6.73. The summed E-state index contributed by atoms with van der Waals surface area (Å²) in [5.74, 6) is -0.243. The molecule has 10 nitrogen and oxygen atoms in total. The fraction of sp³-hybridized carbons (Fsp3) is 0.500. The maximum atomic E-state index is 11.8. The summed E-state index contributed by atoms with van der Waals surface area (Å²) in [6.07, 6.45) is 0. The molecule has 0 aliphatic rings. The third kappa shape index (κ3) is 5.76. The number of thioether (sulfide) groups is 2. The van der Waals surface area contributed by atoms with Crippen molar-refractivity contribution < 1.29 is 14.3 Å². The number of rotatable bonds is 8. The predicted molar refractivity (Wildman–Crippen MR) is 85.4 cm³/mol.